The van der Waals surface area contributed by atoms with Gasteiger partial charge >= 0.3 is 0 Å². The van der Waals surface area contributed by atoms with Crippen LogP contribution in [-0.4, -0.2) is 53.0 Å². The van der Waals surface area contributed by atoms with Gasteiger partial charge < -0.3 is 26.0 Å². The van der Waals surface area contributed by atoms with E-state index in [1.165, 1.54) is 18.2 Å². The largest absolute Gasteiger partial charge is 0.383 e. The summed E-state index contributed by atoms with van der Waals surface area (Å²) in [6, 6.07) is 4.12. The minimum Gasteiger partial charge on any atom is -0.383 e. The number of nitro groups is 1. The van der Waals surface area contributed by atoms with Gasteiger partial charge in [0.2, 0.25) is 17.8 Å². The number of carbonyl (C=O) groups is 2. The number of benzene rings is 1. The lowest BCUT2D eigenvalue weighted by Gasteiger charge is -2.30. The highest BCUT2D eigenvalue weighted by Gasteiger charge is 2.35. The van der Waals surface area contributed by atoms with Crippen LogP contribution in [0.5, 0.6) is 0 Å². The molecule has 2 aromatic rings. The lowest BCUT2D eigenvalue weighted by atomic mass is 9.91. The molecular weight excluding hydrogens is 406 g/mol. The summed E-state index contributed by atoms with van der Waals surface area (Å²) in [5.41, 5.74) is 7.39. The third-order valence-corrected chi connectivity index (χ3v) is 5.25. The van der Waals surface area contributed by atoms with Crippen molar-refractivity contribution in [1.82, 2.24) is 9.97 Å². The highest BCUT2D eigenvalue weighted by atomic mass is 16.6. The molecular formula is C19H21N7O5. The number of non-ortho nitro benzene ring substituents is 1. The smallest absolute Gasteiger partial charge is 0.269 e. The van der Waals surface area contributed by atoms with Crippen LogP contribution >= 0.6 is 0 Å². The van der Waals surface area contributed by atoms with E-state index in [0.717, 1.165) is 0 Å². The lowest BCUT2D eigenvalue weighted by molar-refractivity contribution is -0.384. The highest BCUT2D eigenvalue weighted by Crippen LogP contribution is 2.37. The van der Waals surface area contributed by atoms with Gasteiger partial charge in [-0.15, -0.1) is 0 Å². The maximum absolute atomic E-state index is 13.0. The molecule has 4 N–H and O–H groups in total. The van der Waals surface area contributed by atoms with Gasteiger partial charge in [-0.25, -0.2) is 0 Å². The molecule has 3 heterocycles. The van der Waals surface area contributed by atoms with Crippen LogP contribution in [0.15, 0.2) is 18.2 Å². The Morgan fingerprint density at radius 2 is 2.10 bits per heavy atom. The molecule has 0 radical (unpaired) electrons. The summed E-state index contributed by atoms with van der Waals surface area (Å²) in [6.07, 6.45) is -0.116. The molecule has 1 unspecified atom stereocenters. The first kappa shape index (κ1) is 20.5. The predicted molar refractivity (Wildman–Crippen MR) is 112 cm³/mol. The average Bonchev–Trinajstić information content (AvgIpc) is 2.74. The van der Waals surface area contributed by atoms with E-state index >= 15 is 0 Å². The highest BCUT2D eigenvalue weighted by molar-refractivity contribution is 6.05. The molecule has 0 saturated carbocycles. The monoisotopic (exact) mass is 427 g/mol. The molecule has 0 bridgehead atoms. The number of nitrogens with one attached hydrogen (secondary N) is 2. The zero-order chi connectivity index (χ0) is 22.1. The molecule has 1 fully saturated rings. The third-order valence-electron chi connectivity index (χ3n) is 5.25. The number of hydrogen-bond donors (Lipinski definition) is 3. The number of nitrogens with zero attached hydrogens (tertiary/aromatic N) is 4. The Hall–Kier alpha value is -3.80. The Balaban J connectivity index is 1.62. The minimum atomic E-state index is -0.892. The van der Waals surface area contributed by atoms with E-state index in [2.05, 4.69) is 20.6 Å². The number of fused-ring (bicyclic) bond motifs is 1. The maximum Gasteiger partial charge on any atom is 0.269 e. The summed E-state index contributed by atoms with van der Waals surface area (Å²) < 4.78 is 5.33. The molecule has 31 heavy (non-hydrogen) atoms. The van der Waals surface area contributed by atoms with Crippen LogP contribution in [-0.2, 0) is 14.3 Å². The number of carbonyl (C=O) groups excluding carboxylic acids is 2. The van der Waals surface area contributed by atoms with E-state index in [-0.39, 0.29) is 29.7 Å². The van der Waals surface area contributed by atoms with Crippen molar-refractivity contribution in [2.75, 3.05) is 47.6 Å². The number of hydrogen-bond acceptors (Lipinski definition) is 9. The Bertz CT molecular complexity index is 1070. The van der Waals surface area contributed by atoms with Crippen LogP contribution in [0.25, 0.3) is 0 Å². The second kappa shape index (κ2) is 8.14. The van der Waals surface area contributed by atoms with Crippen LogP contribution in [0.3, 0.4) is 0 Å². The maximum atomic E-state index is 13.0. The van der Waals surface area contributed by atoms with Gasteiger partial charge in [-0.2, -0.15) is 9.97 Å². The molecule has 0 aliphatic carbocycles. The number of anilines is 4. The van der Waals surface area contributed by atoms with Gasteiger partial charge in [-0.05, 0) is 18.6 Å². The van der Waals surface area contributed by atoms with Crippen molar-refractivity contribution in [3.63, 3.8) is 0 Å². The molecule has 12 nitrogen and oxygen atoms in total. The minimum absolute atomic E-state index is 0.0776. The number of rotatable bonds is 4. The molecule has 1 aromatic carbocycles. The van der Waals surface area contributed by atoms with Crippen molar-refractivity contribution in [2.45, 2.75) is 19.3 Å². The van der Waals surface area contributed by atoms with Gasteiger partial charge in [0, 0.05) is 37.3 Å². The topological polar surface area (TPSA) is 166 Å². The molecule has 162 valence electrons. The molecule has 0 spiro atoms. The van der Waals surface area contributed by atoms with E-state index in [4.69, 9.17) is 10.5 Å². The van der Waals surface area contributed by atoms with E-state index < -0.39 is 16.7 Å². The summed E-state index contributed by atoms with van der Waals surface area (Å²) in [5, 5.41) is 16.3. The number of aryl methyl sites for hydroxylation is 1. The standard InChI is InChI=1S/C19H21N7O5/c1-10-8-11(26(29)30)2-3-13(10)21-18(28)12-9-14(27)22-17-15(12)16(20)23-19(24-17)25-4-6-31-7-5-25/h2-3,8,12H,4-7,9H2,1H3,(H,21,28)(H3,20,22,23,24,27). The molecule has 2 aliphatic heterocycles. The van der Waals surface area contributed by atoms with Crippen LogP contribution in [0.1, 0.15) is 23.5 Å². The van der Waals surface area contributed by atoms with Crippen molar-refractivity contribution in [3.8, 4) is 0 Å². The quantitative estimate of drug-likeness (QED) is 0.479. The van der Waals surface area contributed by atoms with E-state index in [0.29, 0.717) is 49.1 Å². The van der Waals surface area contributed by atoms with Crippen LogP contribution < -0.4 is 21.3 Å². The molecule has 1 saturated heterocycles. The normalized spacial score (nSPS) is 18.2. The number of nitrogen functional groups attached to an aromatic ring is 1. The van der Waals surface area contributed by atoms with Gasteiger partial charge in [0.05, 0.1) is 29.6 Å². The van der Waals surface area contributed by atoms with Gasteiger partial charge in [-0.1, -0.05) is 0 Å². The number of nitrogens with two attached hydrogens (primary N) is 1. The van der Waals surface area contributed by atoms with Crippen molar-refractivity contribution in [1.29, 1.82) is 0 Å². The molecule has 2 aliphatic rings. The lowest BCUT2D eigenvalue weighted by Crippen LogP contribution is -2.38. The molecule has 12 heteroatoms. The summed E-state index contributed by atoms with van der Waals surface area (Å²) in [5.74, 6) is -1.02. The van der Waals surface area contributed by atoms with Crippen molar-refractivity contribution in [3.05, 3.63) is 39.4 Å². The Kier molecular flexibility index (Phi) is 5.38. The number of aromatic nitrogens is 2. The summed E-state index contributed by atoms with van der Waals surface area (Å²) in [4.78, 5) is 46.4. The van der Waals surface area contributed by atoms with E-state index in [1.54, 1.807) is 6.92 Å². The number of ether oxygens (including phenoxy) is 1. The Labute approximate surface area is 176 Å². The number of nitro benzene ring substituents is 1. The van der Waals surface area contributed by atoms with Crippen LogP contribution in [0, 0.1) is 17.0 Å². The van der Waals surface area contributed by atoms with E-state index in [9.17, 15) is 19.7 Å². The molecule has 1 aromatic heterocycles. The summed E-state index contributed by atoms with van der Waals surface area (Å²) in [7, 11) is 0. The van der Waals surface area contributed by atoms with Crippen molar-refractivity contribution < 1.29 is 19.2 Å². The second-order valence-electron chi connectivity index (χ2n) is 7.32. The zero-order valence-corrected chi connectivity index (χ0v) is 16.8. The van der Waals surface area contributed by atoms with Gasteiger partial charge in [0.1, 0.15) is 11.6 Å². The van der Waals surface area contributed by atoms with Gasteiger partial charge in [0.15, 0.2) is 0 Å². The predicted octanol–water partition coefficient (Wildman–Crippen LogP) is 1.18. The van der Waals surface area contributed by atoms with Gasteiger partial charge in [0.25, 0.3) is 5.69 Å². The fraction of sp³-hybridized carbons (Fsp3) is 0.368. The number of amides is 2. The molecule has 4 rings (SSSR count). The van der Waals surface area contributed by atoms with Gasteiger partial charge in [-0.3, -0.25) is 19.7 Å². The average molecular weight is 427 g/mol. The van der Waals surface area contributed by atoms with Crippen LogP contribution in [0.2, 0.25) is 0 Å². The zero-order valence-electron chi connectivity index (χ0n) is 16.8. The Morgan fingerprint density at radius 1 is 1.35 bits per heavy atom. The third kappa shape index (κ3) is 4.10. The first-order valence-electron chi connectivity index (χ1n) is 9.69. The van der Waals surface area contributed by atoms with E-state index in [1.807, 2.05) is 4.90 Å². The summed E-state index contributed by atoms with van der Waals surface area (Å²) >= 11 is 0. The first-order chi connectivity index (χ1) is 14.8. The Morgan fingerprint density at radius 3 is 2.77 bits per heavy atom. The molecule has 2 amide bonds. The fourth-order valence-corrected chi connectivity index (χ4v) is 3.63. The van der Waals surface area contributed by atoms with Crippen molar-refractivity contribution in [2.24, 2.45) is 0 Å². The summed E-state index contributed by atoms with van der Waals surface area (Å²) in [6.45, 7) is 3.90. The molecule has 1 atom stereocenters. The SMILES string of the molecule is Cc1cc([N+](=O)[O-])ccc1NC(=O)C1CC(=O)Nc2nc(N3CCOCC3)nc(N)c21. The fourth-order valence-electron chi connectivity index (χ4n) is 3.63. The van der Waals surface area contributed by atoms with Crippen LogP contribution in [0.4, 0.5) is 29.0 Å². The number of morpholine rings is 1. The second-order valence-corrected chi connectivity index (χ2v) is 7.32. The van der Waals surface area contributed by atoms with Crippen molar-refractivity contribution >= 4 is 40.8 Å². The first-order valence-corrected chi connectivity index (χ1v) is 9.69.